The van der Waals surface area contributed by atoms with E-state index in [4.69, 9.17) is 19.8 Å². The van der Waals surface area contributed by atoms with Crippen molar-refractivity contribution in [2.45, 2.75) is 108 Å². The van der Waals surface area contributed by atoms with Gasteiger partial charge < -0.3 is 14.1 Å². The van der Waals surface area contributed by atoms with Crippen molar-refractivity contribution >= 4 is 35.8 Å². The van der Waals surface area contributed by atoms with Gasteiger partial charge in [-0.05, 0) is 67.4 Å². The lowest BCUT2D eigenvalue weighted by Crippen LogP contribution is -2.70. The number of unbranched alkanes of at least 4 members (excludes halogenated alkanes) is 1. The Kier molecular flexibility index (Phi) is 12.4. The molecule has 2 aromatic carbocycles. The third-order valence-corrected chi connectivity index (χ3v) is 15.5. The summed E-state index contributed by atoms with van der Waals surface area (Å²) in [4.78, 5) is 17.6. The molecule has 0 aliphatic carbocycles. The maximum atomic E-state index is 15.3. The highest BCUT2D eigenvalue weighted by Gasteiger charge is 2.65. The van der Waals surface area contributed by atoms with E-state index in [1.807, 2.05) is 67.6 Å². The molecule has 260 valence electrons. The third-order valence-electron chi connectivity index (χ3n) is 9.24. The zero-order chi connectivity index (χ0) is 35.3. The van der Waals surface area contributed by atoms with E-state index in [9.17, 15) is 9.00 Å². The fourth-order valence-corrected chi connectivity index (χ4v) is 12.1. The molecule has 3 rings (SSSR count). The summed E-state index contributed by atoms with van der Waals surface area (Å²) in [5.74, 6) is -2.14. The molecule has 1 unspecified atom stereocenters. The monoisotopic (exact) mass is 695 g/mol. The highest BCUT2D eigenvalue weighted by Crippen LogP contribution is 2.49. The highest BCUT2D eigenvalue weighted by molar-refractivity contribution is 7.84. The molecule has 0 saturated carbocycles. The lowest BCUT2D eigenvalue weighted by molar-refractivity contribution is -0.207. The van der Waals surface area contributed by atoms with Gasteiger partial charge in [-0.25, -0.2) is 9.00 Å². The standard InChI is InChI=1S/C33H48F3N5O4SSi/c1-8-27(45-47(30(2,3)4,24-17-11-9-12-18-24)25-19-13-10-14-20-25)32(7)28(26(33(34,35)36)23-31(5,6)46(38)43)41(29(42)44-32)22-16-15-21-39-40-37/h9-14,17-20,26-28H,8,15-16,21-23,38H2,1-7H3/t26-,27+,28+,32+,46?/m0/s1. The van der Waals surface area contributed by atoms with Gasteiger partial charge in [-0.1, -0.05) is 93.5 Å². The topological polar surface area (TPSA) is 131 Å². The molecule has 14 heteroatoms. The second-order valence-electron chi connectivity index (χ2n) is 13.9. The van der Waals surface area contributed by atoms with Gasteiger partial charge >= 0.3 is 12.3 Å². The minimum absolute atomic E-state index is 0.0611. The Hall–Kier alpha value is -2.90. The van der Waals surface area contributed by atoms with Gasteiger partial charge in [0.25, 0.3) is 8.32 Å². The Labute approximate surface area is 279 Å². The average Bonchev–Trinajstić information content (AvgIpc) is 3.25. The zero-order valence-electron chi connectivity index (χ0n) is 28.3. The van der Waals surface area contributed by atoms with Gasteiger partial charge in [0, 0.05) is 18.0 Å². The van der Waals surface area contributed by atoms with Crippen LogP contribution in [0, 0.1) is 5.92 Å². The first-order chi connectivity index (χ1) is 21.9. The molecule has 9 nitrogen and oxygen atoms in total. The first-order valence-corrected chi connectivity index (χ1v) is 19.0. The van der Waals surface area contributed by atoms with E-state index in [1.54, 1.807) is 0 Å². The summed E-state index contributed by atoms with van der Waals surface area (Å²) in [6, 6.07) is 17.9. The van der Waals surface area contributed by atoms with E-state index in [0.29, 0.717) is 6.42 Å². The maximum Gasteiger partial charge on any atom is 0.410 e. The van der Waals surface area contributed by atoms with Gasteiger partial charge in [-0.15, -0.1) is 0 Å². The summed E-state index contributed by atoms with van der Waals surface area (Å²) in [7, 11) is -5.40. The number of cyclic esters (lactones) is 1. The molecule has 1 aliphatic rings. The quantitative estimate of drug-likeness (QED) is 0.0708. The molecule has 5 atom stereocenters. The largest absolute Gasteiger partial charge is 0.438 e. The minimum atomic E-state index is -4.81. The highest BCUT2D eigenvalue weighted by atomic mass is 32.2. The van der Waals surface area contributed by atoms with Gasteiger partial charge in [0.15, 0.2) is 5.60 Å². The van der Waals surface area contributed by atoms with E-state index in [0.717, 1.165) is 15.3 Å². The van der Waals surface area contributed by atoms with Crippen LogP contribution in [0.15, 0.2) is 65.8 Å². The van der Waals surface area contributed by atoms with Crippen LogP contribution in [0.2, 0.25) is 5.04 Å². The number of ether oxygens (including phenoxy) is 1. The van der Waals surface area contributed by atoms with Crippen molar-refractivity contribution in [2.24, 2.45) is 16.2 Å². The molecule has 2 aromatic rings. The number of rotatable bonds is 15. The number of amides is 1. The van der Waals surface area contributed by atoms with Crippen LogP contribution in [0.5, 0.6) is 0 Å². The number of carbonyl (C=O) groups is 1. The normalized spacial score (nSPS) is 21.1. The van der Waals surface area contributed by atoms with Gasteiger partial charge in [-0.3, -0.25) is 5.14 Å². The smallest absolute Gasteiger partial charge is 0.410 e. The average molecular weight is 696 g/mol. The summed E-state index contributed by atoms with van der Waals surface area (Å²) in [6.07, 6.45) is -6.38. The Morgan fingerprint density at radius 2 is 1.60 bits per heavy atom. The second kappa shape index (κ2) is 15.1. The third kappa shape index (κ3) is 8.22. The summed E-state index contributed by atoms with van der Waals surface area (Å²) >= 11 is 0. The van der Waals surface area contributed by atoms with E-state index in [2.05, 4.69) is 30.8 Å². The van der Waals surface area contributed by atoms with Crippen LogP contribution in [0.3, 0.4) is 0 Å². The SMILES string of the molecule is CC[C@@H](O[Si](c1ccccc1)(c1ccccc1)C(C)(C)C)[C@@]1(C)OC(=O)N(CCCCN=[N+]=[N-])[C@@H]1[C@H](CC(C)(C)S(N)=O)C(F)(F)F. The van der Waals surface area contributed by atoms with Crippen molar-refractivity contribution in [1.29, 1.82) is 0 Å². The van der Waals surface area contributed by atoms with Crippen molar-refractivity contribution in [3.05, 3.63) is 71.1 Å². The Morgan fingerprint density at radius 1 is 1.06 bits per heavy atom. The molecule has 0 bridgehead atoms. The summed E-state index contributed by atoms with van der Waals surface area (Å²) in [5, 5.41) is 10.6. The van der Waals surface area contributed by atoms with Gasteiger partial charge in [0.1, 0.15) is 0 Å². The van der Waals surface area contributed by atoms with Gasteiger partial charge in [0.05, 0.1) is 33.8 Å². The number of benzene rings is 2. The Morgan fingerprint density at radius 3 is 2.02 bits per heavy atom. The minimum Gasteiger partial charge on any atom is -0.438 e. The van der Waals surface area contributed by atoms with Gasteiger partial charge in [0.2, 0.25) is 0 Å². The molecule has 1 aliphatic heterocycles. The molecule has 0 spiro atoms. The van der Waals surface area contributed by atoms with Crippen molar-refractivity contribution < 1.29 is 31.3 Å². The van der Waals surface area contributed by atoms with Crippen LogP contribution in [0.4, 0.5) is 18.0 Å². The summed E-state index contributed by atoms with van der Waals surface area (Å²) in [5.41, 5.74) is 6.88. The molecular weight excluding hydrogens is 648 g/mol. The molecule has 1 fully saturated rings. The molecule has 1 heterocycles. The lowest BCUT2D eigenvalue weighted by atomic mass is 9.77. The molecule has 0 radical (unpaired) electrons. The number of azide groups is 1. The van der Waals surface area contributed by atoms with E-state index in [1.165, 1.54) is 20.8 Å². The van der Waals surface area contributed by atoms with Crippen molar-refractivity contribution in [3.8, 4) is 0 Å². The van der Waals surface area contributed by atoms with Crippen LogP contribution < -0.4 is 15.5 Å². The number of alkyl halides is 3. The summed E-state index contributed by atoms with van der Waals surface area (Å²) in [6.45, 7) is 12.5. The van der Waals surface area contributed by atoms with Crippen LogP contribution in [0.25, 0.3) is 10.4 Å². The Balaban J connectivity index is 2.27. The zero-order valence-corrected chi connectivity index (χ0v) is 30.1. The summed E-state index contributed by atoms with van der Waals surface area (Å²) < 4.78 is 70.4. The van der Waals surface area contributed by atoms with Crippen LogP contribution in [-0.4, -0.2) is 65.3 Å². The molecule has 1 amide bonds. The lowest BCUT2D eigenvalue weighted by Gasteiger charge is -2.49. The number of hydrogen-bond donors (Lipinski definition) is 1. The van der Waals surface area contributed by atoms with Crippen molar-refractivity contribution in [2.75, 3.05) is 13.1 Å². The van der Waals surface area contributed by atoms with Crippen LogP contribution in [0.1, 0.15) is 74.1 Å². The van der Waals surface area contributed by atoms with Crippen molar-refractivity contribution in [3.63, 3.8) is 0 Å². The molecule has 2 N–H and O–H groups in total. The van der Waals surface area contributed by atoms with E-state index in [-0.39, 0.29) is 25.9 Å². The van der Waals surface area contributed by atoms with E-state index < -0.39 is 71.4 Å². The molecule has 0 aromatic heterocycles. The predicted molar refractivity (Wildman–Crippen MR) is 182 cm³/mol. The van der Waals surface area contributed by atoms with Crippen LogP contribution in [-0.2, 0) is 20.1 Å². The molecule has 1 saturated heterocycles. The number of hydrogen-bond acceptors (Lipinski definition) is 5. The predicted octanol–water partition coefficient (Wildman–Crippen LogP) is 6.98. The Bertz CT molecular complexity index is 1380. The number of nitrogens with two attached hydrogens (primary N) is 1. The molecular formula is C33H48F3N5O4SSi. The maximum absolute atomic E-state index is 15.3. The molecule has 47 heavy (non-hydrogen) atoms. The van der Waals surface area contributed by atoms with E-state index >= 15 is 13.2 Å². The number of nitrogens with zero attached hydrogens (tertiary/aromatic N) is 4. The first-order valence-electron chi connectivity index (χ1n) is 15.9. The van der Waals surface area contributed by atoms with Gasteiger partial charge in [-0.2, -0.15) is 13.2 Å². The second-order valence-corrected chi connectivity index (χ2v) is 19.9. The van der Waals surface area contributed by atoms with Crippen molar-refractivity contribution in [1.82, 2.24) is 4.90 Å². The first kappa shape index (κ1) is 38.5. The number of carbonyl (C=O) groups excluding carboxylic acids is 1. The number of halogens is 3. The fourth-order valence-electron chi connectivity index (χ4n) is 6.87. The fraction of sp³-hybridized carbons (Fsp3) is 0.606. The van der Waals surface area contributed by atoms with Crippen LogP contribution >= 0.6 is 0 Å².